The minimum atomic E-state index is 0. The summed E-state index contributed by atoms with van der Waals surface area (Å²) in [6.45, 7) is 6.84. The fraction of sp³-hybridized carbons (Fsp3) is 0.417. The van der Waals surface area contributed by atoms with Gasteiger partial charge in [0.05, 0.1) is 17.1 Å². The topological polar surface area (TPSA) is 38.7 Å². The van der Waals surface area contributed by atoms with Crippen LogP contribution in [0.2, 0.25) is 0 Å². The van der Waals surface area contributed by atoms with E-state index < -0.39 is 0 Å². The maximum atomic E-state index is 4.37. The molecule has 0 aromatic carbocycles. The van der Waals surface area contributed by atoms with Crippen LogP contribution in [0.1, 0.15) is 95.6 Å². The molecule has 0 saturated heterocycles. The van der Waals surface area contributed by atoms with Crippen LogP contribution in [0.4, 0.5) is 0 Å². The molecule has 3 aromatic heterocycles. The molecule has 0 N–H and O–H groups in total. The van der Waals surface area contributed by atoms with Crippen molar-refractivity contribution in [2.24, 2.45) is 17.8 Å². The number of allylic oxidation sites excluding steroid dienone is 6. The van der Waals surface area contributed by atoms with Crippen molar-refractivity contribution in [3.8, 4) is 0 Å². The van der Waals surface area contributed by atoms with Gasteiger partial charge in [-0.15, -0.1) is 0 Å². The second kappa shape index (κ2) is 17.2. The van der Waals surface area contributed by atoms with Gasteiger partial charge in [0.25, 0.3) is 0 Å². The molecule has 0 bridgehead atoms. The number of rotatable bonds is 3. The fourth-order valence-electron chi connectivity index (χ4n) is 5.67. The number of hydrogen-bond acceptors (Lipinski definition) is 3. The summed E-state index contributed by atoms with van der Waals surface area (Å²) in [5.41, 5.74) is 7.77. The van der Waals surface area contributed by atoms with Crippen LogP contribution in [0.5, 0.6) is 0 Å². The molecule has 3 aliphatic rings. The first-order valence-corrected chi connectivity index (χ1v) is 14.9. The average Bonchev–Trinajstić information content (AvgIpc) is 2.99. The summed E-state index contributed by atoms with van der Waals surface area (Å²) >= 11 is 0. The normalized spacial score (nSPS) is 22.0. The fourth-order valence-corrected chi connectivity index (χ4v) is 5.67. The van der Waals surface area contributed by atoms with E-state index in [0.717, 1.165) is 34.8 Å². The van der Waals surface area contributed by atoms with Gasteiger partial charge in [-0.05, 0) is 129 Å². The molecule has 6 rings (SSSR count). The van der Waals surface area contributed by atoms with Crippen LogP contribution in [0.25, 0.3) is 16.7 Å². The SMILES string of the molecule is CC1C=C(c2ccccn2)CCC1.CC1C=C(c2ccccn2)CCC1.CC1C=C(c2ccccn2)CCC1.[Ir]. The van der Waals surface area contributed by atoms with Crippen molar-refractivity contribution in [1.82, 2.24) is 15.0 Å². The summed E-state index contributed by atoms with van der Waals surface area (Å²) < 4.78 is 0. The van der Waals surface area contributed by atoms with Gasteiger partial charge < -0.3 is 0 Å². The Hall–Kier alpha value is -2.68. The van der Waals surface area contributed by atoms with Crippen molar-refractivity contribution >= 4 is 16.7 Å². The Kier molecular flexibility index (Phi) is 13.7. The Morgan fingerprint density at radius 1 is 0.475 bits per heavy atom. The Morgan fingerprint density at radius 3 is 1.00 bits per heavy atom. The molecule has 3 unspecified atom stereocenters. The van der Waals surface area contributed by atoms with Gasteiger partial charge in [0.15, 0.2) is 0 Å². The summed E-state index contributed by atoms with van der Waals surface area (Å²) in [6, 6.07) is 18.4. The minimum Gasteiger partial charge on any atom is -0.257 e. The molecule has 1 radical (unpaired) electrons. The van der Waals surface area contributed by atoms with Crippen LogP contribution in [-0.4, -0.2) is 15.0 Å². The Labute approximate surface area is 255 Å². The molecule has 0 spiro atoms. The summed E-state index contributed by atoms with van der Waals surface area (Å²) in [5, 5.41) is 0. The van der Waals surface area contributed by atoms with Gasteiger partial charge >= 0.3 is 0 Å². The molecule has 4 heteroatoms. The van der Waals surface area contributed by atoms with Gasteiger partial charge in [-0.3, -0.25) is 15.0 Å². The van der Waals surface area contributed by atoms with Crippen LogP contribution in [0.15, 0.2) is 91.4 Å². The zero-order valence-electron chi connectivity index (χ0n) is 24.4. The average molecular weight is 712 g/mol. The monoisotopic (exact) mass is 712 g/mol. The van der Waals surface area contributed by atoms with Crippen molar-refractivity contribution in [2.45, 2.75) is 78.6 Å². The third-order valence-electron chi connectivity index (χ3n) is 7.76. The molecule has 3 aromatic rings. The molecule has 0 saturated carbocycles. The summed E-state index contributed by atoms with van der Waals surface area (Å²) in [5.74, 6) is 2.18. The summed E-state index contributed by atoms with van der Waals surface area (Å²) in [7, 11) is 0. The molecular weight excluding hydrogens is 667 g/mol. The van der Waals surface area contributed by atoms with Crippen LogP contribution >= 0.6 is 0 Å². The molecule has 0 amide bonds. The van der Waals surface area contributed by atoms with Crippen LogP contribution in [-0.2, 0) is 20.1 Å². The zero-order chi connectivity index (χ0) is 27.3. The van der Waals surface area contributed by atoms with Crippen molar-refractivity contribution in [2.75, 3.05) is 0 Å². The van der Waals surface area contributed by atoms with Crippen LogP contribution in [0, 0.1) is 17.8 Å². The van der Waals surface area contributed by atoms with Gasteiger partial charge in [0, 0.05) is 38.7 Å². The van der Waals surface area contributed by atoms with E-state index in [4.69, 9.17) is 0 Å². The minimum absolute atomic E-state index is 0. The molecule has 3 heterocycles. The zero-order valence-corrected chi connectivity index (χ0v) is 26.8. The smallest absolute Gasteiger partial charge is 0.0658 e. The van der Waals surface area contributed by atoms with Crippen molar-refractivity contribution in [3.05, 3.63) is 108 Å². The largest absolute Gasteiger partial charge is 0.257 e. The Bertz CT molecular complexity index is 1060. The van der Waals surface area contributed by atoms with E-state index in [9.17, 15) is 0 Å². The first-order chi connectivity index (χ1) is 19.1. The van der Waals surface area contributed by atoms with Gasteiger partial charge in [0.1, 0.15) is 0 Å². The van der Waals surface area contributed by atoms with Gasteiger partial charge in [-0.25, -0.2) is 0 Å². The predicted octanol–water partition coefficient (Wildman–Crippen LogP) is 9.85. The quantitative estimate of drug-likeness (QED) is 0.272. The van der Waals surface area contributed by atoms with E-state index in [1.807, 2.05) is 36.8 Å². The number of nitrogens with zero attached hydrogens (tertiary/aromatic N) is 3. The van der Waals surface area contributed by atoms with E-state index in [1.165, 1.54) is 74.5 Å². The van der Waals surface area contributed by atoms with Gasteiger partial charge in [0.2, 0.25) is 0 Å². The van der Waals surface area contributed by atoms with E-state index in [-0.39, 0.29) is 20.1 Å². The third-order valence-corrected chi connectivity index (χ3v) is 7.76. The molecule has 3 nitrogen and oxygen atoms in total. The third kappa shape index (κ3) is 10.4. The number of aromatic nitrogens is 3. The maximum Gasteiger partial charge on any atom is 0.0658 e. The van der Waals surface area contributed by atoms with Crippen LogP contribution < -0.4 is 0 Å². The van der Waals surface area contributed by atoms with E-state index in [0.29, 0.717) is 0 Å². The summed E-state index contributed by atoms with van der Waals surface area (Å²) in [6.07, 6.45) is 24.2. The predicted molar refractivity (Wildman–Crippen MR) is 166 cm³/mol. The Balaban J connectivity index is 0.000000163. The van der Waals surface area contributed by atoms with E-state index in [1.54, 1.807) is 0 Å². The van der Waals surface area contributed by atoms with Crippen molar-refractivity contribution in [3.63, 3.8) is 0 Å². The van der Waals surface area contributed by atoms with Crippen LogP contribution in [0.3, 0.4) is 0 Å². The standard InChI is InChI=1S/3C12H15N.Ir/c3*1-10-5-4-6-11(9-10)12-7-2-3-8-13-12;/h3*2-3,7-10H,4-6H2,1H3;. The second-order valence-corrected chi connectivity index (χ2v) is 11.3. The number of hydrogen-bond donors (Lipinski definition) is 0. The molecule has 213 valence electrons. The van der Waals surface area contributed by atoms with Gasteiger partial charge in [-0.2, -0.15) is 0 Å². The van der Waals surface area contributed by atoms with E-state index in [2.05, 4.69) is 90.3 Å². The molecule has 0 fully saturated rings. The molecular formula is C36H45IrN3. The van der Waals surface area contributed by atoms with E-state index >= 15 is 0 Å². The first kappa shape index (κ1) is 31.8. The van der Waals surface area contributed by atoms with Gasteiger partial charge in [-0.1, -0.05) is 57.2 Å². The maximum absolute atomic E-state index is 4.37. The number of pyridine rings is 3. The molecule has 3 aliphatic carbocycles. The second-order valence-electron chi connectivity index (χ2n) is 11.3. The van der Waals surface area contributed by atoms with Crippen molar-refractivity contribution in [1.29, 1.82) is 0 Å². The molecule has 40 heavy (non-hydrogen) atoms. The first-order valence-electron chi connectivity index (χ1n) is 14.9. The molecule has 3 atom stereocenters. The summed E-state index contributed by atoms with van der Waals surface area (Å²) in [4.78, 5) is 13.1. The Morgan fingerprint density at radius 2 is 0.775 bits per heavy atom. The molecule has 0 aliphatic heterocycles. The van der Waals surface area contributed by atoms with Crippen molar-refractivity contribution < 1.29 is 20.1 Å².